The maximum Gasteiger partial charge on any atom is 0.321 e. The number of urea groups is 1. The second-order valence-corrected chi connectivity index (χ2v) is 5.57. The van der Waals surface area contributed by atoms with Crippen molar-refractivity contribution in [1.29, 1.82) is 0 Å². The SMILES string of the molecule is CCN(CC)C(=O)C1CCN(C(=O)Nc2ccccc2)CC1. The molecular formula is C17H25N3O2. The highest BCUT2D eigenvalue weighted by Crippen LogP contribution is 2.20. The van der Waals surface area contributed by atoms with E-state index in [1.165, 1.54) is 0 Å². The quantitative estimate of drug-likeness (QED) is 0.930. The molecule has 0 spiro atoms. The molecule has 22 heavy (non-hydrogen) atoms. The Morgan fingerprint density at radius 2 is 1.73 bits per heavy atom. The van der Waals surface area contributed by atoms with E-state index in [0.717, 1.165) is 31.6 Å². The number of amides is 3. The van der Waals surface area contributed by atoms with Gasteiger partial charge in [0.1, 0.15) is 0 Å². The third-order valence-electron chi connectivity index (χ3n) is 4.23. The molecule has 1 aliphatic rings. The lowest BCUT2D eigenvalue weighted by Gasteiger charge is -2.33. The predicted molar refractivity (Wildman–Crippen MR) is 87.7 cm³/mol. The van der Waals surface area contributed by atoms with Crippen molar-refractivity contribution in [3.05, 3.63) is 30.3 Å². The second-order valence-electron chi connectivity index (χ2n) is 5.57. The van der Waals surface area contributed by atoms with Crippen molar-refractivity contribution in [3.8, 4) is 0 Å². The summed E-state index contributed by atoms with van der Waals surface area (Å²) in [7, 11) is 0. The number of rotatable bonds is 4. The molecule has 1 aromatic rings. The molecule has 1 N–H and O–H groups in total. The summed E-state index contributed by atoms with van der Waals surface area (Å²) in [5.41, 5.74) is 0.800. The normalized spacial score (nSPS) is 15.5. The summed E-state index contributed by atoms with van der Waals surface area (Å²) in [5.74, 6) is 0.286. The first-order chi connectivity index (χ1) is 10.7. The first-order valence-electron chi connectivity index (χ1n) is 8.05. The maximum absolute atomic E-state index is 12.3. The number of likely N-dealkylation sites (tertiary alicyclic amines) is 1. The molecule has 0 bridgehead atoms. The molecular weight excluding hydrogens is 278 g/mol. The number of hydrogen-bond acceptors (Lipinski definition) is 2. The van der Waals surface area contributed by atoms with E-state index >= 15 is 0 Å². The molecule has 0 radical (unpaired) electrons. The van der Waals surface area contributed by atoms with Gasteiger partial charge in [0.05, 0.1) is 0 Å². The Hall–Kier alpha value is -2.04. The van der Waals surface area contributed by atoms with Crippen molar-refractivity contribution in [2.45, 2.75) is 26.7 Å². The van der Waals surface area contributed by atoms with Crippen LogP contribution in [0, 0.1) is 5.92 Å². The van der Waals surface area contributed by atoms with Crippen LogP contribution >= 0.6 is 0 Å². The lowest BCUT2D eigenvalue weighted by molar-refractivity contribution is -0.136. The topological polar surface area (TPSA) is 52.7 Å². The molecule has 1 aromatic carbocycles. The molecule has 0 aliphatic carbocycles. The van der Waals surface area contributed by atoms with Gasteiger partial charge in [-0.3, -0.25) is 4.79 Å². The van der Waals surface area contributed by atoms with E-state index in [1.807, 2.05) is 49.1 Å². The molecule has 0 atom stereocenters. The fourth-order valence-corrected chi connectivity index (χ4v) is 2.85. The Labute approximate surface area is 132 Å². The van der Waals surface area contributed by atoms with E-state index in [0.29, 0.717) is 13.1 Å². The van der Waals surface area contributed by atoms with Crippen molar-refractivity contribution < 1.29 is 9.59 Å². The van der Waals surface area contributed by atoms with E-state index in [1.54, 1.807) is 4.90 Å². The first kappa shape index (κ1) is 16.3. The molecule has 3 amide bonds. The minimum Gasteiger partial charge on any atom is -0.343 e. The fraction of sp³-hybridized carbons (Fsp3) is 0.529. The maximum atomic E-state index is 12.3. The smallest absolute Gasteiger partial charge is 0.321 e. The van der Waals surface area contributed by atoms with Gasteiger partial charge < -0.3 is 15.1 Å². The van der Waals surface area contributed by atoms with Gasteiger partial charge in [-0.15, -0.1) is 0 Å². The molecule has 1 fully saturated rings. The van der Waals surface area contributed by atoms with Crippen LogP contribution in [0.15, 0.2) is 30.3 Å². The average Bonchev–Trinajstić information content (AvgIpc) is 2.57. The number of anilines is 1. The molecule has 5 nitrogen and oxygen atoms in total. The molecule has 0 aromatic heterocycles. The highest BCUT2D eigenvalue weighted by Gasteiger charge is 2.29. The van der Waals surface area contributed by atoms with Crippen LogP contribution in [0.2, 0.25) is 0 Å². The monoisotopic (exact) mass is 303 g/mol. The van der Waals surface area contributed by atoms with Crippen molar-refractivity contribution >= 4 is 17.6 Å². The van der Waals surface area contributed by atoms with Crippen molar-refractivity contribution in [3.63, 3.8) is 0 Å². The number of hydrogen-bond donors (Lipinski definition) is 1. The van der Waals surface area contributed by atoms with Crippen LogP contribution in [0.25, 0.3) is 0 Å². The van der Waals surface area contributed by atoms with E-state index < -0.39 is 0 Å². The van der Waals surface area contributed by atoms with Crippen molar-refractivity contribution in [2.24, 2.45) is 5.92 Å². The number of benzene rings is 1. The predicted octanol–water partition coefficient (Wildman–Crippen LogP) is 2.80. The van der Waals surface area contributed by atoms with Crippen LogP contribution in [0.4, 0.5) is 10.5 Å². The van der Waals surface area contributed by atoms with Gasteiger partial charge in [0, 0.05) is 37.8 Å². The summed E-state index contributed by atoms with van der Waals surface area (Å²) in [6.07, 6.45) is 1.50. The summed E-state index contributed by atoms with van der Waals surface area (Å²) in [6.45, 7) is 6.79. The van der Waals surface area contributed by atoms with E-state index in [2.05, 4.69) is 5.32 Å². The fourth-order valence-electron chi connectivity index (χ4n) is 2.85. The van der Waals surface area contributed by atoms with Gasteiger partial charge in [-0.2, -0.15) is 0 Å². The molecule has 5 heteroatoms. The lowest BCUT2D eigenvalue weighted by Crippen LogP contribution is -2.45. The summed E-state index contributed by atoms with van der Waals surface area (Å²) < 4.78 is 0. The Bertz CT molecular complexity index is 492. The van der Waals surface area contributed by atoms with Crippen LogP contribution in [0.5, 0.6) is 0 Å². The van der Waals surface area contributed by atoms with Crippen LogP contribution in [-0.2, 0) is 4.79 Å². The number of nitrogens with zero attached hydrogens (tertiary/aromatic N) is 2. The standard InChI is InChI=1S/C17H25N3O2/c1-3-19(4-2)16(21)14-10-12-20(13-11-14)17(22)18-15-8-6-5-7-9-15/h5-9,14H,3-4,10-13H2,1-2H3,(H,18,22). The molecule has 1 aliphatic heterocycles. The zero-order valence-electron chi connectivity index (χ0n) is 13.4. The minimum atomic E-state index is -0.0834. The lowest BCUT2D eigenvalue weighted by atomic mass is 9.95. The van der Waals surface area contributed by atoms with Gasteiger partial charge in [0.15, 0.2) is 0 Å². The van der Waals surface area contributed by atoms with Crippen LogP contribution < -0.4 is 5.32 Å². The van der Waals surface area contributed by atoms with Crippen molar-refractivity contribution in [2.75, 3.05) is 31.5 Å². The van der Waals surface area contributed by atoms with Crippen LogP contribution in [0.3, 0.4) is 0 Å². The Balaban J connectivity index is 1.84. The van der Waals surface area contributed by atoms with Gasteiger partial charge in [0.25, 0.3) is 0 Å². The number of piperidine rings is 1. The van der Waals surface area contributed by atoms with E-state index in [9.17, 15) is 9.59 Å². The number of carbonyl (C=O) groups is 2. The molecule has 0 saturated carbocycles. The summed E-state index contributed by atoms with van der Waals surface area (Å²) in [6, 6.07) is 9.36. The van der Waals surface area contributed by atoms with Gasteiger partial charge in [-0.25, -0.2) is 4.79 Å². The van der Waals surface area contributed by atoms with Crippen LogP contribution in [0.1, 0.15) is 26.7 Å². The Kier molecular flexibility index (Phi) is 5.81. The Morgan fingerprint density at radius 1 is 1.14 bits per heavy atom. The number of nitrogens with one attached hydrogen (secondary N) is 1. The zero-order valence-corrected chi connectivity index (χ0v) is 13.4. The highest BCUT2D eigenvalue weighted by atomic mass is 16.2. The highest BCUT2D eigenvalue weighted by molar-refractivity contribution is 5.89. The van der Waals surface area contributed by atoms with Gasteiger partial charge in [-0.05, 0) is 38.8 Å². The van der Waals surface area contributed by atoms with Gasteiger partial charge >= 0.3 is 6.03 Å². The van der Waals surface area contributed by atoms with E-state index in [-0.39, 0.29) is 17.9 Å². The zero-order chi connectivity index (χ0) is 15.9. The second kappa shape index (κ2) is 7.82. The van der Waals surface area contributed by atoms with Gasteiger partial charge in [-0.1, -0.05) is 18.2 Å². The third-order valence-corrected chi connectivity index (χ3v) is 4.23. The molecule has 1 heterocycles. The largest absolute Gasteiger partial charge is 0.343 e. The van der Waals surface area contributed by atoms with Gasteiger partial charge in [0.2, 0.25) is 5.91 Å². The molecule has 120 valence electrons. The molecule has 1 saturated heterocycles. The Morgan fingerprint density at radius 3 is 2.27 bits per heavy atom. The van der Waals surface area contributed by atoms with Crippen molar-refractivity contribution in [1.82, 2.24) is 9.80 Å². The summed E-state index contributed by atoms with van der Waals surface area (Å²) in [4.78, 5) is 28.2. The van der Waals surface area contributed by atoms with Crippen LogP contribution in [-0.4, -0.2) is 47.9 Å². The average molecular weight is 303 g/mol. The van der Waals surface area contributed by atoms with E-state index in [4.69, 9.17) is 0 Å². The molecule has 2 rings (SSSR count). The number of carbonyl (C=O) groups excluding carboxylic acids is 2. The molecule has 0 unspecified atom stereocenters. The summed E-state index contributed by atoms with van der Waals surface area (Å²) >= 11 is 0. The number of para-hydroxylation sites is 1. The summed E-state index contributed by atoms with van der Waals surface area (Å²) in [5, 5.41) is 2.89. The first-order valence-corrected chi connectivity index (χ1v) is 8.05. The minimum absolute atomic E-state index is 0.0562. The third kappa shape index (κ3) is 4.00.